The first kappa shape index (κ1) is 60.4. The number of rotatable bonds is 39. The first-order chi connectivity index (χ1) is 31.8. The molecule has 0 unspecified atom stereocenters. The predicted octanol–water partition coefficient (Wildman–Crippen LogP) is 8.22. The van der Waals surface area contributed by atoms with Crippen molar-refractivity contribution in [2.75, 3.05) is 13.2 Å². The molecule has 66 heavy (non-hydrogen) atoms. The summed E-state index contributed by atoms with van der Waals surface area (Å²) >= 11 is 0. The number of unbranched alkanes of at least 4 members (excludes halogenated alkanes) is 27. The van der Waals surface area contributed by atoms with Crippen molar-refractivity contribution >= 4 is 22.3 Å². The molecule has 0 amide bonds. The molecule has 16 nitrogen and oxygen atoms in total. The molecule has 2 aliphatic rings. The molecule has 388 valence electrons. The zero-order chi connectivity index (χ0) is 48.6. The van der Waals surface area contributed by atoms with E-state index in [9.17, 15) is 48.1 Å². The maximum atomic E-state index is 13.5. The smallest absolute Gasteiger partial charge is 0.397 e. The van der Waals surface area contributed by atoms with Gasteiger partial charge in [0.05, 0.1) is 13.2 Å². The van der Waals surface area contributed by atoms with Crippen molar-refractivity contribution in [3.8, 4) is 0 Å². The zero-order valence-electron chi connectivity index (χ0n) is 40.7. The highest BCUT2D eigenvalue weighted by molar-refractivity contribution is 7.80. The molecule has 0 aromatic heterocycles. The molecule has 0 saturated carbocycles. The Morgan fingerprint density at radius 2 is 0.924 bits per heavy atom. The van der Waals surface area contributed by atoms with E-state index in [0.717, 1.165) is 51.4 Å². The standard InChI is InChI=1S/C49H90O16S/c1-4-6-8-10-12-14-16-18-19-20-22-23-25-27-29-31-33-37(3)47(56)63-44-42(54)39(36-51)61-49(64-48-45(65-66(57,58)59)43(55)41(53)38(35-50)60-48)46(44)62-40(52)34-32-30-28-26-24-21-17-15-13-11-9-7-5-2/h33,38-39,41-46,48-51,53-55H,4-32,34-36H2,1-3H3,(H,57,58,59)/b37-33+/t38-,39-,41-,42-,43+,44+,45-,46-,48-,49-/m1/s1. The highest BCUT2D eigenvalue weighted by Crippen LogP contribution is 2.33. The van der Waals surface area contributed by atoms with E-state index in [1.165, 1.54) is 122 Å². The number of aliphatic hydroxyl groups is 5. The zero-order valence-corrected chi connectivity index (χ0v) is 41.5. The lowest BCUT2D eigenvalue weighted by atomic mass is 9.97. The van der Waals surface area contributed by atoms with Crippen LogP contribution in [-0.2, 0) is 47.9 Å². The average molecular weight is 967 g/mol. The molecule has 0 aliphatic carbocycles. The number of carbonyl (C=O) groups excluding carboxylic acids is 2. The van der Waals surface area contributed by atoms with Crippen LogP contribution in [0.4, 0.5) is 0 Å². The van der Waals surface area contributed by atoms with Crippen LogP contribution in [-0.4, -0.2) is 125 Å². The Labute approximate surface area is 396 Å². The van der Waals surface area contributed by atoms with Gasteiger partial charge in [0.1, 0.15) is 30.5 Å². The fourth-order valence-electron chi connectivity index (χ4n) is 8.58. The van der Waals surface area contributed by atoms with Crippen LogP contribution in [0.25, 0.3) is 0 Å². The van der Waals surface area contributed by atoms with Crippen LogP contribution in [0.3, 0.4) is 0 Å². The Kier molecular flexibility index (Phi) is 33.1. The summed E-state index contributed by atoms with van der Waals surface area (Å²) in [6.45, 7) is 4.30. The number of hydrogen-bond donors (Lipinski definition) is 6. The third-order valence-corrected chi connectivity index (χ3v) is 13.2. The molecule has 0 aromatic rings. The van der Waals surface area contributed by atoms with Crippen LogP contribution in [0.5, 0.6) is 0 Å². The van der Waals surface area contributed by atoms with Crippen LogP contribution in [0.1, 0.15) is 213 Å². The van der Waals surface area contributed by atoms with Crippen LogP contribution in [0.15, 0.2) is 11.6 Å². The second-order valence-electron chi connectivity index (χ2n) is 18.5. The molecule has 6 N–H and O–H groups in total. The van der Waals surface area contributed by atoms with Gasteiger partial charge in [-0.25, -0.2) is 8.98 Å². The van der Waals surface area contributed by atoms with Crippen molar-refractivity contribution in [3.63, 3.8) is 0 Å². The predicted molar refractivity (Wildman–Crippen MR) is 250 cm³/mol. The quantitative estimate of drug-likeness (QED) is 0.0147. The van der Waals surface area contributed by atoms with Crippen molar-refractivity contribution in [1.29, 1.82) is 0 Å². The topological polar surface area (TPSA) is 245 Å². The van der Waals surface area contributed by atoms with Gasteiger partial charge in [-0.2, -0.15) is 8.42 Å². The van der Waals surface area contributed by atoms with Crippen molar-refractivity contribution in [3.05, 3.63) is 11.6 Å². The van der Waals surface area contributed by atoms with Crippen molar-refractivity contribution in [2.24, 2.45) is 0 Å². The lowest BCUT2D eigenvalue weighted by Crippen LogP contribution is -2.65. The number of carbonyl (C=O) groups is 2. The molecule has 2 fully saturated rings. The van der Waals surface area contributed by atoms with Gasteiger partial charge < -0.3 is 49.2 Å². The molecule has 2 rings (SSSR count). The summed E-state index contributed by atoms with van der Waals surface area (Å²) in [5, 5.41) is 52.5. The number of allylic oxidation sites excluding steroid dienone is 1. The molecule has 0 radical (unpaired) electrons. The largest absolute Gasteiger partial charge is 0.453 e. The maximum absolute atomic E-state index is 13.5. The van der Waals surface area contributed by atoms with Crippen LogP contribution < -0.4 is 0 Å². The average Bonchev–Trinajstić information content (AvgIpc) is 3.28. The van der Waals surface area contributed by atoms with Gasteiger partial charge in [-0.1, -0.05) is 187 Å². The van der Waals surface area contributed by atoms with Crippen LogP contribution in [0.2, 0.25) is 0 Å². The minimum absolute atomic E-state index is 0.0503. The van der Waals surface area contributed by atoms with Gasteiger partial charge in [0.15, 0.2) is 24.6 Å². The van der Waals surface area contributed by atoms with E-state index in [2.05, 4.69) is 18.0 Å². The first-order valence-electron chi connectivity index (χ1n) is 25.7. The molecule has 10 atom stereocenters. The van der Waals surface area contributed by atoms with E-state index in [0.29, 0.717) is 12.8 Å². The Morgan fingerprint density at radius 1 is 0.530 bits per heavy atom. The van der Waals surface area contributed by atoms with E-state index >= 15 is 0 Å². The molecule has 17 heteroatoms. The third kappa shape index (κ3) is 25.2. The van der Waals surface area contributed by atoms with Crippen molar-refractivity contribution in [1.82, 2.24) is 0 Å². The van der Waals surface area contributed by atoms with Gasteiger partial charge >= 0.3 is 22.3 Å². The molecule has 2 aliphatic heterocycles. The summed E-state index contributed by atoms with van der Waals surface area (Å²) < 4.78 is 66.3. The summed E-state index contributed by atoms with van der Waals surface area (Å²) in [7, 11) is -5.30. The molecule has 0 spiro atoms. The summed E-state index contributed by atoms with van der Waals surface area (Å²) in [5.74, 6) is -1.59. The number of aliphatic hydroxyl groups excluding tert-OH is 5. The van der Waals surface area contributed by atoms with E-state index in [4.69, 9.17) is 23.7 Å². The molecule has 2 saturated heterocycles. The fourth-order valence-corrected chi connectivity index (χ4v) is 9.07. The molecular weight excluding hydrogens is 877 g/mol. The first-order valence-corrected chi connectivity index (χ1v) is 27.1. The third-order valence-electron chi connectivity index (χ3n) is 12.7. The molecular formula is C49H90O16S. The highest BCUT2D eigenvalue weighted by atomic mass is 32.3. The van der Waals surface area contributed by atoms with Gasteiger partial charge in [-0.15, -0.1) is 0 Å². The minimum atomic E-state index is -5.30. The van der Waals surface area contributed by atoms with Crippen molar-refractivity contribution in [2.45, 2.75) is 275 Å². The van der Waals surface area contributed by atoms with E-state index in [1.54, 1.807) is 13.0 Å². The lowest BCUT2D eigenvalue weighted by molar-refractivity contribution is -0.374. The van der Waals surface area contributed by atoms with Gasteiger partial charge in [0.2, 0.25) is 6.29 Å². The van der Waals surface area contributed by atoms with Gasteiger partial charge in [-0.3, -0.25) is 9.35 Å². The lowest BCUT2D eigenvalue weighted by Gasteiger charge is -2.46. The maximum Gasteiger partial charge on any atom is 0.397 e. The number of hydrogen-bond acceptors (Lipinski definition) is 15. The van der Waals surface area contributed by atoms with Crippen molar-refractivity contribution < 1.29 is 76.0 Å². The molecule has 0 aromatic carbocycles. The van der Waals surface area contributed by atoms with Gasteiger partial charge in [0.25, 0.3) is 0 Å². The Hall–Kier alpha value is -1.77. The van der Waals surface area contributed by atoms with Crippen LogP contribution >= 0.6 is 0 Å². The Bertz CT molecular complexity index is 1400. The Morgan fingerprint density at radius 3 is 1.35 bits per heavy atom. The van der Waals surface area contributed by atoms with E-state index in [-0.39, 0.29) is 12.0 Å². The fraction of sp³-hybridized carbons (Fsp3) is 0.918. The second kappa shape index (κ2) is 36.2. The molecule has 2 heterocycles. The number of ether oxygens (including phenoxy) is 5. The monoisotopic (exact) mass is 967 g/mol. The Balaban J connectivity index is 2.04. The van der Waals surface area contributed by atoms with E-state index < -0.39 is 97.0 Å². The van der Waals surface area contributed by atoms with Gasteiger partial charge in [-0.05, 0) is 26.2 Å². The normalized spacial score (nSPS) is 26.1. The minimum Gasteiger partial charge on any atom is -0.453 e. The SMILES string of the molecule is CCCCCCCCCCCCCCCCC/C=C(\C)C(=O)O[C@H]1[C@H](O)[C@@H](CO)O[C@H](O[C@H]2O[C@H](CO)[C@@H](O)[C@H](O)[C@H]2OS(=O)(=O)O)[C@@H]1OC(=O)CCCCCCCCCCCCCCC. The number of esters is 2. The van der Waals surface area contributed by atoms with E-state index in [1.807, 2.05) is 0 Å². The summed E-state index contributed by atoms with van der Waals surface area (Å²) in [5.41, 5.74) is 0.231. The van der Waals surface area contributed by atoms with Gasteiger partial charge in [0, 0.05) is 12.0 Å². The second-order valence-corrected chi connectivity index (χ2v) is 19.5. The summed E-state index contributed by atoms with van der Waals surface area (Å²) in [6, 6.07) is 0. The highest BCUT2D eigenvalue weighted by Gasteiger charge is 2.54. The molecule has 0 bridgehead atoms. The van der Waals surface area contributed by atoms with Crippen LogP contribution in [0, 0.1) is 0 Å². The summed E-state index contributed by atoms with van der Waals surface area (Å²) in [4.78, 5) is 26.9. The summed E-state index contributed by atoms with van der Waals surface area (Å²) in [6.07, 6.45) is 16.8.